The molecule has 32 heavy (non-hydrogen) atoms. The average Bonchev–Trinajstić information content (AvgIpc) is 3.11. The third kappa shape index (κ3) is 4.43. The highest BCUT2D eigenvalue weighted by atomic mass is 35.5. The summed E-state index contributed by atoms with van der Waals surface area (Å²) in [5, 5.41) is 3.53. The van der Waals surface area contributed by atoms with Gasteiger partial charge in [-0.2, -0.15) is 0 Å². The van der Waals surface area contributed by atoms with Gasteiger partial charge in [0.25, 0.3) is 0 Å². The Labute approximate surface area is 192 Å². The second-order valence-corrected chi connectivity index (χ2v) is 8.57. The van der Waals surface area contributed by atoms with E-state index >= 15 is 0 Å². The lowest BCUT2D eigenvalue weighted by molar-refractivity contribution is -0.132. The zero-order valence-corrected chi connectivity index (χ0v) is 18.7. The Kier molecular flexibility index (Phi) is 6.37. The van der Waals surface area contributed by atoms with Gasteiger partial charge in [0.2, 0.25) is 11.8 Å². The quantitative estimate of drug-likeness (QED) is 0.677. The van der Waals surface area contributed by atoms with Crippen LogP contribution >= 0.6 is 11.6 Å². The van der Waals surface area contributed by atoms with Crippen LogP contribution < -0.4 is 15.0 Å². The number of rotatable bonds is 6. The fraction of sp³-hybridized carbons (Fsp3) is 0.375. The van der Waals surface area contributed by atoms with Crippen molar-refractivity contribution in [3.63, 3.8) is 0 Å². The summed E-state index contributed by atoms with van der Waals surface area (Å²) < 4.78 is 5.28. The third-order valence-electron chi connectivity index (χ3n) is 6.23. The second kappa shape index (κ2) is 9.20. The molecule has 7 nitrogen and oxygen atoms in total. The molecule has 2 aromatic carbocycles. The molecule has 0 spiro atoms. The van der Waals surface area contributed by atoms with Crippen molar-refractivity contribution < 1.29 is 19.1 Å². The van der Waals surface area contributed by atoms with Crippen molar-refractivity contribution in [3.8, 4) is 5.75 Å². The highest BCUT2D eigenvalue weighted by molar-refractivity contribution is 6.30. The Morgan fingerprint density at radius 3 is 2.50 bits per heavy atom. The minimum Gasteiger partial charge on any atom is -0.497 e. The van der Waals surface area contributed by atoms with Crippen LogP contribution in [0.15, 0.2) is 48.5 Å². The topological polar surface area (TPSA) is 79.0 Å². The fourth-order valence-electron chi connectivity index (χ4n) is 4.46. The van der Waals surface area contributed by atoms with Crippen molar-refractivity contribution in [3.05, 3.63) is 59.1 Å². The van der Waals surface area contributed by atoms with E-state index in [9.17, 15) is 14.4 Å². The number of ketones is 1. The molecular formula is C24H26ClN3O4. The van der Waals surface area contributed by atoms with Gasteiger partial charge in [-0.15, -0.1) is 0 Å². The van der Waals surface area contributed by atoms with Gasteiger partial charge >= 0.3 is 0 Å². The van der Waals surface area contributed by atoms with Crippen LogP contribution in [-0.2, 0) is 19.9 Å². The van der Waals surface area contributed by atoms with Gasteiger partial charge in [0.1, 0.15) is 11.3 Å². The Balaban J connectivity index is 1.42. The van der Waals surface area contributed by atoms with Gasteiger partial charge < -0.3 is 19.9 Å². The molecule has 1 atom stereocenters. The minimum absolute atomic E-state index is 0.0213. The lowest BCUT2D eigenvalue weighted by Gasteiger charge is -2.37. The number of anilines is 1. The molecule has 2 aromatic rings. The molecule has 2 fully saturated rings. The molecule has 2 amide bonds. The van der Waals surface area contributed by atoms with E-state index < -0.39 is 5.54 Å². The van der Waals surface area contributed by atoms with Crippen LogP contribution in [0.4, 0.5) is 5.69 Å². The number of piperazine rings is 1. The minimum atomic E-state index is -1.19. The van der Waals surface area contributed by atoms with Crippen LogP contribution in [0.3, 0.4) is 0 Å². The molecule has 4 rings (SSSR count). The number of hydrogen-bond acceptors (Lipinski definition) is 5. The molecule has 2 saturated heterocycles. The summed E-state index contributed by atoms with van der Waals surface area (Å²) >= 11 is 6.09. The van der Waals surface area contributed by atoms with Gasteiger partial charge in [-0.3, -0.25) is 14.4 Å². The first-order valence-electron chi connectivity index (χ1n) is 10.7. The summed E-state index contributed by atoms with van der Waals surface area (Å²) in [6.45, 7) is 2.61. The number of halogens is 1. The Bertz CT molecular complexity index is 1040. The SMILES string of the molecule is COc1cccc(C2(CCC(=O)N3CCN(c4cccc(Cl)c4)CC3)NC(=O)CC2=O)c1. The molecule has 8 heteroatoms. The summed E-state index contributed by atoms with van der Waals surface area (Å²) in [7, 11) is 1.55. The van der Waals surface area contributed by atoms with Gasteiger partial charge in [-0.1, -0.05) is 29.8 Å². The van der Waals surface area contributed by atoms with Crippen molar-refractivity contribution in [2.24, 2.45) is 0 Å². The van der Waals surface area contributed by atoms with Gasteiger partial charge in [0.15, 0.2) is 5.78 Å². The Hall–Kier alpha value is -3.06. The second-order valence-electron chi connectivity index (χ2n) is 8.13. The maximum atomic E-state index is 13.0. The molecule has 0 saturated carbocycles. The molecule has 2 aliphatic rings. The smallest absolute Gasteiger partial charge is 0.228 e. The van der Waals surface area contributed by atoms with Crippen molar-refractivity contribution in [2.75, 3.05) is 38.2 Å². The highest BCUT2D eigenvalue weighted by Crippen LogP contribution is 2.35. The normalized spacial score (nSPS) is 20.9. The zero-order valence-electron chi connectivity index (χ0n) is 18.0. The predicted octanol–water partition coefficient (Wildman–Crippen LogP) is 2.76. The molecular weight excluding hydrogens is 430 g/mol. The number of Topliss-reactive ketones (excluding diaryl/α,β-unsaturated/α-hetero) is 1. The molecule has 0 aromatic heterocycles. The summed E-state index contributed by atoms with van der Waals surface area (Å²) in [5.41, 5.74) is 0.497. The van der Waals surface area contributed by atoms with Crippen LogP contribution in [0.1, 0.15) is 24.8 Å². The van der Waals surface area contributed by atoms with E-state index in [1.807, 2.05) is 29.2 Å². The molecule has 1 N–H and O–H groups in total. The first-order chi connectivity index (χ1) is 15.4. The fourth-order valence-corrected chi connectivity index (χ4v) is 4.64. The highest BCUT2D eigenvalue weighted by Gasteiger charge is 2.47. The summed E-state index contributed by atoms with van der Waals surface area (Å²) in [5.74, 6) is 0.0426. The van der Waals surface area contributed by atoms with Crippen molar-refractivity contribution in [1.29, 1.82) is 0 Å². The van der Waals surface area contributed by atoms with Crippen LogP contribution in [0, 0.1) is 0 Å². The van der Waals surface area contributed by atoms with E-state index in [1.165, 1.54) is 0 Å². The third-order valence-corrected chi connectivity index (χ3v) is 6.47. The zero-order chi connectivity index (χ0) is 22.7. The van der Waals surface area contributed by atoms with Crippen molar-refractivity contribution >= 4 is 34.9 Å². The molecule has 0 aliphatic carbocycles. The predicted molar refractivity (Wildman–Crippen MR) is 122 cm³/mol. The van der Waals surface area contributed by atoms with Gasteiger partial charge in [0, 0.05) is 43.3 Å². The standard InChI is InChI=1S/C24H26ClN3O4/c1-32-20-7-2-4-17(14-20)24(21(29)16-22(30)26-24)9-8-23(31)28-12-10-27(11-13-28)19-6-3-5-18(25)15-19/h2-7,14-15H,8-13,16H2,1H3,(H,26,30). The largest absolute Gasteiger partial charge is 0.497 e. The first-order valence-corrected chi connectivity index (χ1v) is 11.1. The lowest BCUT2D eigenvalue weighted by atomic mass is 9.82. The number of benzene rings is 2. The molecule has 2 heterocycles. The lowest BCUT2D eigenvalue weighted by Crippen LogP contribution is -2.50. The number of amides is 2. The van der Waals surface area contributed by atoms with E-state index in [0.717, 1.165) is 5.69 Å². The number of ether oxygens (including phenoxy) is 1. The van der Waals surface area contributed by atoms with E-state index in [0.29, 0.717) is 42.5 Å². The number of carbonyl (C=O) groups is 3. The first kappa shape index (κ1) is 22.1. The van der Waals surface area contributed by atoms with E-state index in [-0.39, 0.29) is 36.9 Å². The van der Waals surface area contributed by atoms with Crippen LogP contribution in [-0.4, -0.2) is 55.8 Å². The monoisotopic (exact) mass is 455 g/mol. The number of nitrogens with one attached hydrogen (secondary N) is 1. The van der Waals surface area contributed by atoms with Gasteiger partial charge in [-0.05, 0) is 42.3 Å². The van der Waals surface area contributed by atoms with E-state index in [2.05, 4.69) is 10.2 Å². The number of nitrogens with zero attached hydrogens (tertiary/aromatic N) is 2. The van der Waals surface area contributed by atoms with Crippen LogP contribution in [0.25, 0.3) is 0 Å². The number of hydrogen-bond donors (Lipinski definition) is 1. The molecule has 1 unspecified atom stereocenters. The average molecular weight is 456 g/mol. The number of methoxy groups -OCH3 is 1. The van der Waals surface area contributed by atoms with Crippen molar-refractivity contribution in [2.45, 2.75) is 24.8 Å². The number of carbonyl (C=O) groups excluding carboxylic acids is 3. The van der Waals surface area contributed by atoms with Gasteiger partial charge in [-0.25, -0.2) is 0 Å². The van der Waals surface area contributed by atoms with Crippen molar-refractivity contribution in [1.82, 2.24) is 10.2 Å². The summed E-state index contributed by atoms with van der Waals surface area (Å²) in [6.07, 6.45) is 0.211. The van der Waals surface area contributed by atoms with E-state index in [4.69, 9.17) is 16.3 Å². The summed E-state index contributed by atoms with van der Waals surface area (Å²) in [4.78, 5) is 41.9. The molecule has 168 valence electrons. The Morgan fingerprint density at radius 2 is 1.84 bits per heavy atom. The maximum Gasteiger partial charge on any atom is 0.228 e. The molecule has 2 aliphatic heterocycles. The summed E-state index contributed by atoms with van der Waals surface area (Å²) in [6, 6.07) is 14.8. The van der Waals surface area contributed by atoms with E-state index in [1.54, 1.807) is 31.4 Å². The van der Waals surface area contributed by atoms with Gasteiger partial charge in [0.05, 0.1) is 13.5 Å². The van der Waals surface area contributed by atoms with Crippen LogP contribution in [0.2, 0.25) is 5.02 Å². The molecule has 0 radical (unpaired) electrons. The Morgan fingerprint density at radius 1 is 1.09 bits per heavy atom. The maximum absolute atomic E-state index is 13.0. The molecule has 0 bridgehead atoms. The van der Waals surface area contributed by atoms with Crippen LogP contribution in [0.5, 0.6) is 5.75 Å².